The lowest BCUT2D eigenvalue weighted by atomic mass is 10.1. The molecule has 0 unspecified atom stereocenters. The summed E-state index contributed by atoms with van der Waals surface area (Å²) in [5.74, 6) is -0.162. The van der Waals surface area contributed by atoms with Gasteiger partial charge < -0.3 is 10.2 Å². The van der Waals surface area contributed by atoms with Crippen molar-refractivity contribution in [3.8, 4) is 0 Å². The van der Waals surface area contributed by atoms with Crippen molar-refractivity contribution in [1.29, 1.82) is 0 Å². The third kappa shape index (κ3) is 3.70. The van der Waals surface area contributed by atoms with Crippen LogP contribution in [0, 0.1) is 5.82 Å². The molecule has 0 saturated heterocycles. The van der Waals surface area contributed by atoms with E-state index in [1.807, 2.05) is 14.1 Å². The molecule has 1 N–H and O–H groups in total. The average molecular weight is 238 g/mol. The largest absolute Gasteiger partial charge is 0.372 e. The van der Waals surface area contributed by atoms with Crippen LogP contribution in [0.25, 0.3) is 0 Å². The summed E-state index contributed by atoms with van der Waals surface area (Å²) < 4.78 is 13.5. The summed E-state index contributed by atoms with van der Waals surface area (Å²) >= 11 is 0. The topological polar surface area (TPSA) is 15.3 Å². The van der Waals surface area contributed by atoms with E-state index in [2.05, 4.69) is 30.1 Å². The van der Waals surface area contributed by atoms with Crippen LogP contribution < -0.4 is 10.2 Å². The van der Waals surface area contributed by atoms with E-state index < -0.39 is 0 Å². The normalized spacial score (nSPS) is 10.9. The first-order chi connectivity index (χ1) is 8.12. The van der Waals surface area contributed by atoms with Gasteiger partial charge in [0.1, 0.15) is 5.82 Å². The summed E-state index contributed by atoms with van der Waals surface area (Å²) in [7, 11) is 3.91. The lowest BCUT2D eigenvalue weighted by Gasteiger charge is -2.28. The zero-order chi connectivity index (χ0) is 12.8. The Morgan fingerprint density at radius 1 is 1.24 bits per heavy atom. The molecule has 2 nitrogen and oxygen atoms in total. The Morgan fingerprint density at radius 3 is 2.41 bits per heavy atom. The van der Waals surface area contributed by atoms with Crippen molar-refractivity contribution in [2.24, 2.45) is 0 Å². The highest BCUT2D eigenvalue weighted by Gasteiger charge is 2.12. The molecular formula is C14H23FN2. The van der Waals surface area contributed by atoms with E-state index >= 15 is 0 Å². The minimum Gasteiger partial charge on any atom is -0.372 e. The molecule has 0 atom stereocenters. The number of anilines is 1. The second kappa shape index (κ2) is 6.60. The predicted molar refractivity (Wildman–Crippen MR) is 71.9 cm³/mol. The molecule has 0 spiro atoms. The minimum absolute atomic E-state index is 0.162. The second-order valence-electron chi connectivity index (χ2n) is 4.43. The van der Waals surface area contributed by atoms with Crippen LogP contribution >= 0.6 is 0 Å². The van der Waals surface area contributed by atoms with E-state index in [0.717, 1.165) is 24.1 Å². The smallest absolute Gasteiger partial charge is 0.125 e. The van der Waals surface area contributed by atoms with Crippen LogP contribution in [0.1, 0.15) is 32.3 Å². The van der Waals surface area contributed by atoms with E-state index in [-0.39, 0.29) is 5.82 Å². The first-order valence-electron chi connectivity index (χ1n) is 6.29. The zero-order valence-electron chi connectivity index (χ0n) is 11.3. The molecule has 0 fully saturated rings. The highest BCUT2D eigenvalue weighted by Crippen LogP contribution is 2.21. The Hall–Kier alpha value is -1.09. The van der Waals surface area contributed by atoms with E-state index in [4.69, 9.17) is 0 Å². The molecule has 0 aromatic heterocycles. The first kappa shape index (κ1) is 14.0. The van der Waals surface area contributed by atoms with Gasteiger partial charge in [-0.2, -0.15) is 0 Å². The van der Waals surface area contributed by atoms with Crippen LogP contribution in [-0.2, 0) is 6.54 Å². The van der Waals surface area contributed by atoms with E-state index in [9.17, 15) is 4.39 Å². The lowest BCUT2D eigenvalue weighted by molar-refractivity contribution is 0.585. The predicted octanol–water partition coefficient (Wildman–Crippen LogP) is 3.17. The molecule has 0 amide bonds. The van der Waals surface area contributed by atoms with Gasteiger partial charge in [0.25, 0.3) is 0 Å². The standard InChI is InChI=1S/C14H23FN2/c1-5-13(6-2)17(4)14-8-11(10-16-3)7-12(15)9-14/h7-9,13,16H,5-6,10H2,1-4H3. The molecule has 1 aromatic carbocycles. The molecular weight excluding hydrogens is 215 g/mol. The fourth-order valence-corrected chi connectivity index (χ4v) is 2.19. The Morgan fingerprint density at radius 2 is 1.88 bits per heavy atom. The lowest BCUT2D eigenvalue weighted by Crippen LogP contribution is -2.30. The van der Waals surface area contributed by atoms with Gasteiger partial charge in [0.15, 0.2) is 0 Å². The van der Waals surface area contributed by atoms with Crippen molar-refractivity contribution >= 4 is 5.69 Å². The molecule has 3 heteroatoms. The Balaban J connectivity index is 2.95. The molecule has 0 saturated carbocycles. The second-order valence-corrected chi connectivity index (χ2v) is 4.43. The van der Waals surface area contributed by atoms with E-state index in [1.54, 1.807) is 12.1 Å². The molecule has 96 valence electrons. The summed E-state index contributed by atoms with van der Waals surface area (Å²) in [6, 6.07) is 5.72. The van der Waals surface area contributed by atoms with Crippen molar-refractivity contribution in [1.82, 2.24) is 5.32 Å². The number of nitrogens with zero attached hydrogens (tertiary/aromatic N) is 1. The van der Waals surface area contributed by atoms with E-state index in [0.29, 0.717) is 12.6 Å². The highest BCUT2D eigenvalue weighted by molar-refractivity contribution is 5.49. The fourth-order valence-electron chi connectivity index (χ4n) is 2.19. The van der Waals surface area contributed by atoms with Crippen molar-refractivity contribution < 1.29 is 4.39 Å². The zero-order valence-corrected chi connectivity index (χ0v) is 11.3. The third-order valence-corrected chi connectivity index (χ3v) is 3.22. The SMILES string of the molecule is CCC(CC)N(C)c1cc(F)cc(CNC)c1. The molecule has 1 rings (SSSR count). The summed E-state index contributed by atoms with van der Waals surface area (Å²) in [4.78, 5) is 2.17. The maximum absolute atomic E-state index is 13.5. The van der Waals surface area contributed by atoms with Crippen molar-refractivity contribution in [2.45, 2.75) is 39.3 Å². The molecule has 0 aliphatic heterocycles. The molecule has 0 aliphatic rings. The Bertz CT molecular complexity index is 348. The summed E-state index contributed by atoms with van der Waals surface area (Å²) in [6.07, 6.45) is 2.15. The van der Waals surface area contributed by atoms with Gasteiger partial charge in [0.05, 0.1) is 0 Å². The number of rotatable bonds is 6. The number of nitrogens with one attached hydrogen (secondary N) is 1. The van der Waals surface area contributed by atoms with Crippen molar-refractivity contribution in [3.63, 3.8) is 0 Å². The van der Waals surface area contributed by atoms with Crippen LogP contribution in [0.5, 0.6) is 0 Å². The number of hydrogen-bond donors (Lipinski definition) is 1. The van der Waals surface area contributed by atoms with Gasteiger partial charge >= 0.3 is 0 Å². The number of benzene rings is 1. The van der Waals surface area contributed by atoms with Gasteiger partial charge in [-0.05, 0) is 43.7 Å². The molecule has 0 radical (unpaired) electrons. The van der Waals surface area contributed by atoms with Crippen LogP contribution in [-0.4, -0.2) is 20.1 Å². The third-order valence-electron chi connectivity index (χ3n) is 3.22. The monoisotopic (exact) mass is 238 g/mol. The molecule has 0 bridgehead atoms. The van der Waals surface area contributed by atoms with Crippen LogP contribution in [0.15, 0.2) is 18.2 Å². The van der Waals surface area contributed by atoms with Crippen LogP contribution in [0.4, 0.5) is 10.1 Å². The Kier molecular flexibility index (Phi) is 5.42. The van der Waals surface area contributed by atoms with Gasteiger partial charge in [-0.3, -0.25) is 0 Å². The van der Waals surface area contributed by atoms with Crippen molar-refractivity contribution in [2.75, 3.05) is 19.0 Å². The fraction of sp³-hybridized carbons (Fsp3) is 0.571. The van der Waals surface area contributed by atoms with Gasteiger partial charge in [0.2, 0.25) is 0 Å². The van der Waals surface area contributed by atoms with Gasteiger partial charge in [-0.25, -0.2) is 4.39 Å². The first-order valence-corrected chi connectivity index (χ1v) is 6.29. The molecule has 0 aliphatic carbocycles. The summed E-state index contributed by atoms with van der Waals surface area (Å²) in [6.45, 7) is 5.03. The quantitative estimate of drug-likeness (QED) is 0.819. The summed E-state index contributed by atoms with van der Waals surface area (Å²) in [5, 5.41) is 3.05. The maximum atomic E-state index is 13.5. The van der Waals surface area contributed by atoms with E-state index in [1.165, 1.54) is 0 Å². The Labute approximate surface area is 104 Å². The van der Waals surface area contributed by atoms with Crippen LogP contribution in [0.2, 0.25) is 0 Å². The van der Waals surface area contributed by atoms with Gasteiger partial charge in [0, 0.05) is 25.3 Å². The van der Waals surface area contributed by atoms with Gasteiger partial charge in [-0.15, -0.1) is 0 Å². The van der Waals surface area contributed by atoms with Crippen molar-refractivity contribution in [3.05, 3.63) is 29.6 Å². The minimum atomic E-state index is -0.162. The number of halogens is 1. The molecule has 1 aromatic rings. The number of hydrogen-bond acceptors (Lipinski definition) is 2. The highest BCUT2D eigenvalue weighted by atomic mass is 19.1. The molecule has 17 heavy (non-hydrogen) atoms. The van der Waals surface area contributed by atoms with Gasteiger partial charge in [-0.1, -0.05) is 13.8 Å². The van der Waals surface area contributed by atoms with Crippen LogP contribution in [0.3, 0.4) is 0 Å². The maximum Gasteiger partial charge on any atom is 0.125 e. The average Bonchev–Trinajstić information content (AvgIpc) is 2.30. The summed E-state index contributed by atoms with van der Waals surface area (Å²) in [5.41, 5.74) is 1.95. The molecule has 0 heterocycles.